The van der Waals surface area contributed by atoms with Crippen LogP contribution in [0.2, 0.25) is 5.02 Å². The first kappa shape index (κ1) is 14.4. The van der Waals surface area contributed by atoms with Gasteiger partial charge in [0.1, 0.15) is 5.02 Å². The molecule has 2 aromatic rings. The molecule has 1 atom stereocenters. The first-order valence-electron chi connectivity index (χ1n) is 6.00. The van der Waals surface area contributed by atoms with Crippen LogP contribution in [0.5, 0.6) is 0 Å². The molecule has 0 spiro atoms. The highest BCUT2D eigenvalue weighted by Gasteiger charge is 2.15. The van der Waals surface area contributed by atoms with Gasteiger partial charge in [-0.3, -0.25) is 0 Å². The minimum absolute atomic E-state index is 0.0409. The van der Waals surface area contributed by atoms with Gasteiger partial charge in [0.25, 0.3) is 0 Å². The molecule has 0 heterocycles. The maximum absolute atomic E-state index is 13.9. The van der Waals surface area contributed by atoms with Gasteiger partial charge >= 0.3 is 0 Å². The van der Waals surface area contributed by atoms with Crippen LogP contribution < -0.4 is 16.8 Å². The van der Waals surface area contributed by atoms with E-state index >= 15 is 0 Å². The number of hydrogen-bond donors (Lipinski definition) is 4. The number of hydrogen-bond acceptors (Lipinski definition) is 4. The van der Waals surface area contributed by atoms with Crippen molar-refractivity contribution in [3.8, 4) is 0 Å². The number of nitrogens with one attached hydrogen (secondary N) is 1. The largest absolute Gasteiger partial charge is 0.397 e. The number of halogens is 2. The molecule has 6 heteroatoms. The number of rotatable bonds is 4. The molecular weight excluding hydrogens is 281 g/mol. The van der Waals surface area contributed by atoms with Crippen LogP contribution in [0.25, 0.3) is 0 Å². The van der Waals surface area contributed by atoms with E-state index in [2.05, 4.69) is 5.32 Å². The van der Waals surface area contributed by atoms with Crippen molar-refractivity contribution >= 4 is 28.7 Å². The van der Waals surface area contributed by atoms with Gasteiger partial charge in [0.15, 0.2) is 5.82 Å². The van der Waals surface area contributed by atoms with Crippen LogP contribution in [0.15, 0.2) is 36.4 Å². The maximum atomic E-state index is 13.9. The molecule has 0 aliphatic heterocycles. The third-order valence-electron chi connectivity index (χ3n) is 2.92. The molecule has 0 aliphatic rings. The summed E-state index contributed by atoms with van der Waals surface area (Å²) < 4.78 is 13.9. The highest BCUT2D eigenvalue weighted by molar-refractivity contribution is 6.33. The van der Waals surface area contributed by atoms with Crippen molar-refractivity contribution in [1.29, 1.82) is 0 Å². The van der Waals surface area contributed by atoms with Gasteiger partial charge in [-0.05, 0) is 11.6 Å². The smallest absolute Gasteiger partial charge is 0.169 e. The number of aliphatic hydroxyl groups is 1. The second-order valence-corrected chi connectivity index (χ2v) is 4.74. The minimum atomic E-state index is -0.786. The zero-order chi connectivity index (χ0) is 14.7. The summed E-state index contributed by atoms with van der Waals surface area (Å²) in [6.45, 7) is 0.103. The Morgan fingerprint density at radius 2 is 1.85 bits per heavy atom. The van der Waals surface area contributed by atoms with Crippen LogP contribution in [0.4, 0.5) is 21.5 Å². The monoisotopic (exact) mass is 295 g/mol. The van der Waals surface area contributed by atoms with Crippen molar-refractivity contribution in [2.45, 2.75) is 6.10 Å². The van der Waals surface area contributed by atoms with Gasteiger partial charge < -0.3 is 21.9 Å². The summed E-state index contributed by atoms with van der Waals surface area (Å²) in [5.74, 6) is -0.718. The van der Waals surface area contributed by atoms with E-state index in [1.165, 1.54) is 6.07 Å². The summed E-state index contributed by atoms with van der Waals surface area (Å²) >= 11 is 5.73. The third kappa shape index (κ3) is 2.95. The van der Waals surface area contributed by atoms with E-state index in [-0.39, 0.29) is 28.6 Å². The minimum Gasteiger partial charge on any atom is -0.397 e. The van der Waals surface area contributed by atoms with Crippen molar-refractivity contribution in [3.05, 3.63) is 52.8 Å². The van der Waals surface area contributed by atoms with Crippen molar-refractivity contribution in [2.75, 3.05) is 23.3 Å². The van der Waals surface area contributed by atoms with Gasteiger partial charge in [-0.15, -0.1) is 0 Å². The molecule has 0 aromatic heterocycles. The Hall–Kier alpha value is -1.98. The third-order valence-corrected chi connectivity index (χ3v) is 3.31. The number of nitrogens with two attached hydrogens (primary N) is 2. The molecule has 2 rings (SSSR count). The Balaban J connectivity index is 2.14. The highest BCUT2D eigenvalue weighted by atomic mass is 35.5. The summed E-state index contributed by atoms with van der Waals surface area (Å²) in [5.41, 5.74) is 12.2. The molecule has 2 aromatic carbocycles. The molecule has 106 valence electrons. The Kier molecular flexibility index (Phi) is 4.32. The second kappa shape index (κ2) is 5.98. The summed E-state index contributed by atoms with van der Waals surface area (Å²) in [6.07, 6.45) is -0.786. The topological polar surface area (TPSA) is 84.3 Å². The first-order valence-corrected chi connectivity index (χ1v) is 6.38. The van der Waals surface area contributed by atoms with Gasteiger partial charge in [0, 0.05) is 6.54 Å². The Morgan fingerprint density at radius 3 is 2.50 bits per heavy atom. The zero-order valence-electron chi connectivity index (χ0n) is 10.6. The van der Waals surface area contributed by atoms with Crippen LogP contribution in [0, 0.1) is 5.82 Å². The fourth-order valence-electron chi connectivity index (χ4n) is 1.84. The van der Waals surface area contributed by atoms with E-state index < -0.39 is 11.9 Å². The second-order valence-electron chi connectivity index (χ2n) is 4.37. The Morgan fingerprint density at radius 1 is 1.20 bits per heavy atom. The highest BCUT2D eigenvalue weighted by Crippen LogP contribution is 2.33. The van der Waals surface area contributed by atoms with Crippen molar-refractivity contribution in [3.63, 3.8) is 0 Å². The standard InChI is InChI=1S/C14H15ClFN3O/c15-12-9(17)6-10(18)14(13(12)16)19-7-11(20)8-4-2-1-3-5-8/h1-6,11,19-20H,7,17-18H2. The zero-order valence-corrected chi connectivity index (χ0v) is 11.4. The summed E-state index contributed by atoms with van der Waals surface area (Å²) in [5, 5.41) is 12.6. The first-order chi connectivity index (χ1) is 9.50. The molecule has 0 saturated heterocycles. The fraction of sp³-hybridized carbons (Fsp3) is 0.143. The lowest BCUT2D eigenvalue weighted by molar-refractivity contribution is 0.191. The molecule has 0 radical (unpaired) electrons. The lowest BCUT2D eigenvalue weighted by atomic mass is 10.1. The molecule has 20 heavy (non-hydrogen) atoms. The average molecular weight is 296 g/mol. The van der Waals surface area contributed by atoms with Gasteiger partial charge in [-0.25, -0.2) is 4.39 Å². The van der Waals surface area contributed by atoms with Gasteiger partial charge in [-0.1, -0.05) is 41.9 Å². The quantitative estimate of drug-likeness (QED) is 0.654. The van der Waals surface area contributed by atoms with E-state index in [0.717, 1.165) is 5.56 Å². The summed E-state index contributed by atoms with van der Waals surface area (Å²) in [7, 11) is 0. The van der Waals surface area contributed by atoms with Gasteiger partial charge in [0.2, 0.25) is 0 Å². The predicted molar refractivity (Wildman–Crippen MR) is 80.1 cm³/mol. The Labute approximate surface area is 121 Å². The molecule has 0 fully saturated rings. The number of benzene rings is 2. The molecule has 0 amide bonds. The van der Waals surface area contributed by atoms with Crippen LogP contribution in [-0.4, -0.2) is 11.7 Å². The number of anilines is 3. The molecule has 0 bridgehead atoms. The SMILES string of the molecule is Nc1cc(N)c(NCC(O)c2ccccc2)c(F)c1Cl. The van der Waals surface area contributed by atoms with Crippen molar-refractivity contribution in [2.24, 2.45) is 0 Å². The van der Waals surface area contributed by atoms with E-state index in [1.807, 2.05) is 18.2 Å². The maximum Gasteiger partial charge on any atom is 0.169 e. The molecular formula is C14H15ClFN3O. The molecule has 4 nitrogen and oxygen atoms in total. The van der Waals surface area contributed by atoms with Crippen molar-refractivity contribution in [1.82, 2.24) is 0 Å². The molecule has 1 unspecified atom stereocenters. The summed E-state index contributed by atoms with van der Waals surface area (Å²) in [4.78, 5) is 0. The lowest BCUT2D eigenvalue weighted by Crippen LogP contribution is -2.14. The van der Waals surface area contributed by atoms with Crippen molar-refractivity contribution < 1.29 is 9.50 Å². The van der Waals surface area contributed by atoms with E-state index in [0.29, 0.717) is 0 Å². The van der Waals surface area contributed by atoms with E-state index in [4.69, 9.17) is 23.1 Å². The number of nitrogen functional groups attached to an aromatic ring is 2. The summed E-state index contributed by atoms with van der Waals surface area (Å²) in [6, 6.07) is 10.4. The van der Waals surface area contributed by atoms with Crippen LogP contribution in [0.1, 0.15) is 11.7 Å². The molecule has 6 N–H and O–H groups in total. The Bertz CT molecular complexity index is 607. The fourth-order valence-corrected chi connectivity index (χ4v) is 1.99. The predicted octanol–water partition coefficient (Wildman–Crippen LogP) is 2.79. The van der Waals surface area contributed by atoms with Gasteiger partial charge in [0.05, 0.1) is 23.2 Å². The number of aliphatic hydroxyl groups excluding tert-OH is 1. The van der Waals surface area contributed by atoms with Gasteiger partial charge in [-0.2, -0.15) is 0 Å². The van der Waals surface area contributed by atoms with Crippen LogP contribution in [0.3, 0.4) is 0 Å². The van der Waals surface area contributed by atoms with E-state index in [1.54, 1.807) is 12.1 Å². The lowest BCUT2D eigenvalue weighted by Gasteiger charge is -2.16. The van der Waals surface area contributed by atoms with E-state index in [9.17, 15) is 9.50 Å². The molecule has 0 aliphatic carbocycles. The van der Waals surface area contributed by atoms with Crippen LogP contribution in [-0.2, 0) is 0 Å². The van der Waals surface area contributed by atoms with Crippen LogP contribution >= 0.6 is 11.6 Å². The molecule has 0 saturated carbocycles. The average Bonchev–Trinajstić information content (AvgIpc) is 2.45. The normalized spacial score (nSPS) is 12.2.